The van der Waals surface area contributed by atoms with E-state index >= 15 is 0 Å². The smallest absolute Gasteiger partial charge is 0.353 e. The van der Waals surface area contributed by atoms with Crippen LogP contribution in [0.1, 0.15) is 0 Å². The van der Waals surface area contributed by atoms with Crippen molar-refractivity contribution in [2.24, 2.45) is 5.92 Å². The summed E-state index contributed by atoms with van der Waals surface area (Å²) in [4.78, 5) is 33.9. The number of amides is 1. The molecule has 0 aromatic carbocycles. The number of carboxylic acid groups (broad SMARTS) is 1. The van der Waals surface area contributed by atoms with Crippen LogP contribution in [-0.2, 0) is 14.4 Å². The number of thioether (sulfide) groups is 1. The summed E-state index contributed by atoms with van der Waals surface area (Å²) in [5, 5.41) is 8.61. The van der Waals surface area contributed by atoms with Gasteiger partial charge in [0.15, 0.2) is 0 Å². The molecule has 0 bridgehead atoms. The molecule has 1 N–H and O–H groups in total. The zero-order valence-electron chi connectivity index (χ0n) is 7.34. The van der Waals surface area contributed by atoms with Gasteiger partial charge >= 0.3 is 5.97 Å². The molecule has 2 aliphatic rings. The van der Waals surface area contributed by atoms with Crippen molar-refractivity contribution in [3.8, 4) is 0 Å². The van der Waals surface area contributed by atoms with Crippen molar-refractivity contribution < 1.29 is 19.5 Å². The standard InChI is InChI=1S/C8H6ClNO4S/c9-4-2-15-7-3(1-11)6(12)10(7)5(4)8(13)14/h1,3,7H,2H2,(H,13,14)/t3-,7+/m1/s1. The van der Waals surface area contributed by atoms with Crippen molar-refractivity contribution in [3.63, 3.8) is 0 Å². The first-order chi connectivity index (χ1) is 7.07. The molecule has 0 aromatic rings. The molecule has 15 heavy (non-hydrogen) atoms. The van der Waals surface area contributed by atoms with Gasteiger partial charge in [-0.05, 0) is 0 Å². The highest BCUT2D eigenvalue weighted by molar-refractivity contribution is 8.00. The number of β-lactam (4-membered cyclic amide) rings is 1. The maximum absolute atomic E-state index is 11.4. The number of halogens is 1. The van der Waals surface area contributed by atoms with E-state index in [1.165, 1.54) is 11.8 Å². The molecule has 5 nitrogen and oxygen atoms in total. The molecule has 0 aliphatic carbocycles. The predicted molar refractivity (Wildman–Crippen MR) is 53.2 cm³/mol. The lowest BCUT2D eigenvalue weighted by Crippen LogP contribution is -2.61. The maximum Gasteiger partial charge on any atom is 0.353 e. The van der Waals surface area contributed by atoms with E-state index in [0.29, 0.717) is 12.0 Å². The van der Waals surface area contributed by atoms with E-state index in [1.54, 1.807) is 0 Å². The fourth-order valence-corrected chi connectivity index (χ4v) is 3.17. The van der Waals surface area contributed by atoms with E-state index in [4.69, 9.17) is 16.7 Å². The third-order valence-electron chi connectivity index (χ3n) is 2.31. The van der Waals surface area contributed by atoms with Gasteiger partial charge in [-0.25, -0.2) is 4.79 Å². The molecule has 2 atom stereocenters. The van der Waals surface area contributed by atoms with E-state index in [9.17, 15) is 14.4 Å². The van der Waals surface area contributed by atoms with Gasteiger partial charge in [-0.15, -0.1) is 11.8 Å². The summed E-state index contributed by atoms with van der Waals surface area (Å²) in [6, 6.07) is 0. The van der Waals surface area contributed by atoms with E-state index in [-0.39, 0.29) is 10.7 Å². The Morgan fingerprint density at radius 2 is 2.33 bits per heavy atom. The van der Waals surface area contributed by atoms with Crippen LogP contribution in [0.4, 0.5) is 0 Å². The van der Waals surface area contributed by atoms with Crippen LogP contribution in [0.3, 0.4) is 0 Å². The van der Waals surface area contributed by atoms with Gasteiger partial charge in [-0.3, -0.25) is 9.69 Å². The summed E-state index contributed by atoms with van der Waals surface area (Å²) in [7, 11) is 0. The Kier molecular flexibility index (Phi) is 2.47. The number of aldehydes is 1. The van der Waals surface area contributed by atoms with Crippen molar-refractivity contribution in [2.75, 3.05) is 5.75 Å². The van der Waals surface area contributed by atoms with Crippen LogP contribution < -0.4 is 0 Å². The Labute approximate surface area is 94.1 Å². The molecular formula is C8H6ClNO4S. The lowest BCUT2D eigenvalue weighted by atomic mass is 9.98. The summed E-state index contributed by atoms with van der Waals surface area (Å²) in [6.45, 7) is 0. The summed E-state index contributed by atoms with van der Waals surface area (Å²) in [6.07, 6.45) is 0.551. The molecule has 2 heterocycles. The lowest BCUT2D eigenvalue weighted by molar-refractivity contribution is -0.153. The maximum atomic E-state index is 11.4. The number of nitrogens with zero attached hydrogens (tertiary/aromatic N) is 1. The SMILES string of the molecule is O=C[C@@H]1C(=O)N2C(C(=O)O)=C(Cl)CS[C@@H]12. The number of carboxylic acids is 1. The number of aliphatic carboxylic acids is 1. The van der Waals surface area contributed by atoms with Crippen molar-refractivity contribution >= 4 is 41.5 Å². The minimum absolute atomic E-state index is 0.140. The molecule has 1 saturated heterocycles. The van der Waals surface area contributed by atoms with Crippen LogP contribution in [0, 0.1) is 5.92 Å². The predicted octanol–water partition coefficient (Wildman–Crippen LogP) is 0.252. The van der Waals surface area contributed by atoms with Crippen LogP contribution in [0.15, 0.2) is 10.7 Å². The average molecular weight is 248 g/mol. The zero-order chi connectivity index (χ0) is 11.2. The second-order valence-corrected chi connectivity index (χ2v) is 4.69. The lowest BCUT2D eigenvalue weighted by Gasteiger charge is -2.46. The molecule has 1 amide bonds. The fourth-order valence-electron chi connectivity index (χ4n) is 1.60. The van der Waals surface area contributed by atoms with E-state index in [2.05, 4.69) is 0 Å². The molecule has 1 fully saturated rings. The van der Waals surface area contributed by atoms with Crippen LogP contribution in [-0.4, -0.2) is 39.3 Å². The Balaban J connectivity index is 2.35. The zero-order valence-corrected chi connectivity index (χ0v) is 8.92. The Hall–Kier alpha value is -1.01. The summed E-state index contributed by atoms with van der Waals surface area (Å²) in [5.74, 6) is -2.13. The average Bonchev–Trinajstić information content (AvgIpc) is 2.18. The van der Waals surface area contributed by atoms with Gasteiger partial charge in [0, 0.05) is 5.75 Å². The normalized spacial score (nSPS) is 29.7. The number of carbonyl (C=O) groups is 3. The highest BCUT2D eigenvalue weighted by Crippen LogP contribution is 2.43. The minimum atomic E-state index is -1.23. The van der Waals surface area contributed by atoms with Crippen molar-refractivity contribution in [3.05, 3.63) is 10.7 Å². The molecule has 2 rings (SSSR count). The summed E-state index contributed by atoms with van der Waals surface area (Å²) in [5.41, 5.74) is -0.191. The van der Waals surface area contributed by atoms with Gasteiger partial charge in [0.2, 0.25) is 5.91 Å². The third-order valence-corrected chi connectivity index (χ3v) is 4.08. The van der Waals surface area contributed by atoms with Gasteiger partial charge < -0.3 is 9.90 Å². The van der Waals surface area contributed by atoms with Crippen molar-refractivity contribution in [2.45, 2.75) is 5.37 Å². The molecule has 0 unspecified atom stereocenters. The third kappa shape index (κ3) is 1.36. The largest absolute Gasteiger partial charge is 0.477 e. The van der Waals surface area contributed by atoms with Crippen LogP contribution in [0.5, 0.6) is 0 Å². The number of rotatable bonds is 2. The molecule has 2 aliphatic heterocycles. The second-order valence-electron chi connectivity index (χ2n) is 3.13. The Morgan fingerprint density at radius 1 is 1.67 bits per heavy atom. The number of carbonyl (C=O) groups excluding carboxylic acids is 2. The van der Waals surface area contributed by atoms with Crippen molar-refractivity contribution in [1.82, 2.24) is 4.90 Å². The van der Waals surface area contributed by atoms with Gasteiger partial charge in [0.1, 0.15) is 23.3 Å². The molecular weight excluding hydrogens is 242 g/mol. The molecule has 0 radical (unpaired) electrons. The summed E-state index contributed by atoms with van der Waals surface area (Å²) >= 11 is 7.02. The van der Waals surface area contributed by atoms with Gasteiger partial charge in [-0.2, -0.15) is 0 Å². The van der Waals surface area contributed by atoms with Gasteiger partial charge in [0.25, 0.3) is 0 Å². The van der Waals surface area contributed by atoms with E-state index < -0.39 is 23.2 Å². The summed E-state index contributed by atoms with van der Waals surface area (Å²) < 4.78 is 0. The van der Waals surface area contributed by atoms with Crippen molar-refractivity contribution in [1.29, 1.82) is 0 Å². The second kappa shape index (κ2) is 3.53. The van der Waals surface area contributed by atoms with E-state index in [1.807, 2.05) is 0 Å². The number of hydrogen-bond donors (Lipinski definition) is 1. The number of fused-ring (bicyclic) bond motifs is 1. The minimum Gasteiger partial charge on any atom is -0.477 e. The molecule has 7 heteroatoms. The molecule has 0 aromatic heterocycles. The first kappa shape index (κ1) is 10.5. The van der Waals surface area contributed by atoms with Crippen LogP contribution in [0.2, 0.25) is 0 Å². The highest BCUT2D eigenvalue weighted by atomic mass is 35.5. The first-order valence-electron chi connectivity index (χ1n) is 4.10. The first-order valence-corrected chi connectivity index (χ1v) is 5.52. The molecule has 0 saturated carbocycles. The quantitative estimate of drug-likeness (QED) is 0.430. The molecule has 0 spiro atoms. The fraction of sp³-hybridized carbons (Fsp3) is 0.375. The Morgan fingerprint density at radius 3 is 2.87 bits per heavy atom. The van der Waals surface area contributed by atoms with E-state index in [0.717, 1.165) is 4.90 Å². The van der Waals surface area contributed by atoms with Crippen LogP contribution in [0.25, 0.3) is 0 Å². The topological polar surface area (TPSA) is 74.7 Å². The van der Waals surface area contributed by atoms with Gasteiger partial charge in [-0.1, -0.05) is 11.6 Å². The Bertz CT molecular complexity index is 394. The van der Waals surface area contributed by atoms with Gasteiger partial charge in [0.05, 0.1) is 5.03 Å². The monoisotopic (exact) mass is 247 g/mol. The van der Waals surface area contributed by atoms with Crippen LogP contribution >= 0.6 is 23.4 Å². The number of hydrogen-bond acceptors (Lipinski definition) is 4. The highest BCUT2D eigenvalue weighted by Gasteiger charge is 2.53. The molecule has 80 valence electrons.